The number of para-hydroxylation sites is 1. The van der Waals surface area contributed by atoms with E-state index in [0.29, 0.717) is 0 Å². The van der Waals surface area contributed by atoms with Crippen LogP contribution in [-0.2, 0) is 10.8 Å². The molecule has 0 aliphatic heterocycles. The standard InChI is InChI=1S/C63H51N/c1-62(2)57-31-14-11-27-53(57)56-30-19-29-48(61(56)62)44-34-36-45(37-35-44)64(46-38-39-54-52-26-12-15-32-58(52)63(59(54)42-46)40-17-4-18-41-63)60-33-16-13-28-55(60)51-25-10-9-24-50(51)49-23-8-7-22-47(49)43-20-5-3-6-21-43/h3,5-16,19-39,42H,4,17-18,40-41H2,1-2H3. The summed E-state index contributed by atoms with van der Waals surface area (Å²) in [6.07, 6.45) is 6.23. The molecule has 9 aromatic rings. The van der Waals surface area contributed by atoms with Crippen LogP contribution in [-0.4, -0.2) is 0 Å². The first-order chi connectivity index (χ1) is 31.5. The second-order valence-electron chi connectivity index (χ2n) is 18.7. The highest BCUT2D eigenvalue weighted by Crippen LogP contribution is 2.58. The summed E-state index contributed by atoms with van der Waals surface area (Å²) in [4.78, 5) is 2.54. The maximum absolute atomic E-state index is 2.56. The van der Waals surface area contributed by atoms with Gasteiger partial charge in [0.15, 0.2) is 0 Å². The van der Waals surface area contributed by atoms with Crippen LogP contribution in [0.3, 0.4) is 0 Å². The smallest absolute Gasteiger partial charge is 0.0540 e. The van der Waals surface area contributed by atoms with Crippen LogP contribution < -0.4 is 4.90 Å². The molecule has 0 amide bonds. The van der Waals surface area contributed by atoms with Gasteiger partial charge >= 0.3 is 0 Å². The minimum atomic E-state index is -0.101. The molecule has 0 N–H and O–H groups in total. The monoisotopic (exact) mass is 821 g/mol. The Hall–Kier alpha value is -7.22. The molecular weight excluding hydrogens is 771 g/mol. The third-order valence-electron chi connectivity index (χ3n) is 14.9. The summed E-state index contributed by atoms with van der Waals surface area (Å²) in [6, 6.07) is 79.5. The number of benzene rings is 9. The molecule has 12 rings (SSSR count). The van der Waals surface area contributed by atoms with Crippen molar-refractivity contribution in [1.82, 2.24) is 0 Å². The minimum Gasteiger partial charge on any atom is -0.310 e. The summed E-state index contributed by atoms with van der Waals surface area (Å²) >= 11 is 0. The summed E-state index contributed by atoms with van der Waals surface area (Å²) in [7, 11) is 0. The first-order valence-corrected chi connectivity index (χ1v) is 23.2. The Morgan fingerprint density at radius 2 is 0.812 bits per heavy atom. The molecule has 0 unspecified atom stereocenters. The second-order valence-corrected chi connectivity index (χ2v) is 18.7. The van der Waals surface area contributed by atoms with Crippen molar-refractivity contribution in [1.29, 1.82) is 0 Å². The molecule has 1 saturated carbocycles. The van der Waals surface area contributed by atoms with Gasteiger partial charge in [-0.05, 0) is 127 Å². The number of hydrogen-bond acceptors (Lipinski definition) is 1. The quantitative estimate of drug-likeness (QED) is 0.155. The summed E-state index contributed by atoms with van der Waals surface area (Å²) in [5, 5.41) is 0. The molecule has 3 aliphatic rings. The van der Waals surface area contributed by atoms with E-state index in [-0.39, 0.29) is 10.8 Å². The molecule has 0 radical (unpaired) electrons. The molecule has 0 bridgehead atoms. The van der Waals surface area contributed by atoms with E-state index in [2.05, 4.69) is 231 Å². The Balaban J connectivity index is 1.04. The van der Waals surface area contributed by atoms with E-state index in [1.54, 1.807) is 0 Å². The van der Waals surface area contributed by atoms with Crippen molar-refractivity contribution in [3.05, 3.63) is 235 Å². The molecule has 9 aromatic carbocycles. The average Bonchev–Trinajstić information content (AvgIpc) is 3.76. The number of nitrogens with zero attached hydrogens (tertiary/aromatic N) is 1. The molecule has 0 aromatic heterocycles. The second kappa shape index (κ2) is 15.2. The highest BCUT2D eigenvalue weighted by atomic mass is 15.1. The van der Waals surface area contributed by atoms with E-state index in [1.807, 2.05) is 0 Å². The summed E-state index contributed by atoms with van der Waals surface area (Å²) in [6.45, 7) is 4.77. The lowest BCUT2D eigenvalue weighted by Gasteiger charge is -2.37. The van der Waals surface area contributed by atoms with Crippen molar-refractivity contribution in [2.24, 2.45) is 0 Å². The molecule has 0 atom stereocenters. The van der Waals surface area contributed by atoms with Crippen LogP contribution in [0.4, 0.5) is 17.1 Å². The van der Waals surface area contributed by atoms with E-state index in [0.717, 1.165) is 11.4 Å². The van der Waals surface area contributed by atoms with Gasteiger partial charge < -0.3 is 4.90 Å². The van der Waals surface area contributed by atoms with Gasteiger partial charge in [0.25, 0.3) is 0 Å². The van der Waals surface area contributed by atoms with Gasteiger partial charge in [-0.1, -0.05) is 215 Å². The van der Waals surface area contributed by atoms with Crippen molar-refractivity contribution in [3.8, 4) is 66.8 Å². The summed E-state index contributed by atoms with van der Waals surface area (Å²) < 4.78 is 0. The van der Waals surface area contributed by atoms with Crippen LogP contribution in [0.2, 0.25) is 0 Å². The fraction of sp³-hybridized carbons (Fsp3) is 0.143. The van der Waals surface area contributed by atoms with Crippen LogP contribution in [0.15, 0.2) is 212 Å². The van der Waals surface area contributed by atoms with Gasteiger partial charge in [-0.15, -0.1) is 0 Å². The van der Waals surface area contributed by atoms with Crippen molar-refractivity contribution in [3.63, 3.8) is 0 Å². The van der Waals surface area contributed by atoms with E-state index >= 15 is 0 Å². The van der Waals surface area contributed by atoms with Crippen LogP contribution in [0.5, 0.6) is 0 Å². The molecular formula is C63H51N. The lowest BCUT2D eigenvalue weighted by atomic mass is 9.68. The normalized spacial score (nSPS) is 15.0. The lowest BCUT2D eigenvalue weighted by molar-refractivity contribution is 0.353. The van der Waals surface area contributed by atoms with Crippen molar-refractivity contribution in [2.75, 3.05) is 4.90 Å². The third kappa shape index (κ3) is 5.98. The van der Waals surface area contributed by atoms with Gasteiger partial charge in [-0.25, -0.2) is 0 Å². The van der Waals surface area contributed by atoms with Crippen molar-refractivity contribution < 1.29 is 0 Å². The highest BCUT2D eigenvalue weighted by Gasteiger charge is 2.44. The number of anilines is 3. The van der Waals surface area contributed by atoms with Gasteiger partial charge in [-0.3, -0.25) is 0 Å². The van der Waals surface area contributed by atoms with E-state index in [4.69, 9.17) is 0 Å². The minimum absolute atomic E-state index is 0.0427. The Bertz CT molecular complexity index is 3220. The maximum Gasteiger partial charge on any atom is 0.0540 e. The first kappa shape index (κ1) is 38.5. The lowest BCUT2D eigenvalue weighted by Crippen LogP contribution is -2.28. The zero-order valence-electron chi connectivity index (χ0n) is 36.7. The SMILES string of the molecule is CC1(C)c2ccccc2-c2cccc(-c3ccc(N(c4ccc5c(c4)C4(CCCCC4)c4ccccc4-5)c4ccccc4-c4ccccc4-c4ccccc4-c4ccccc4)cc3)c21. The molecule has 1 fully saturated rings. The molecule has 64 heavy (non-hydrogen) atoms. The van der Waals surface area contributed by atoms with Crippen LogP contribution >= 0.6 is 0 Å². The maximum atomic E-state index is 2.56. The average molecular weight is 822 g/mol. The fourth-order valence-corrected chi connectivity index (χ4v) is 12.0. The molecule has 1 spiro atoms. The van der Waals surface area contributed by atoms with Gasteiger partial charge in [0, 0.05) is 27.8 Å². The summed E-state index contributed by atoms with van der Waals surface area (Å²) in [5.41, 5.74) is 24.6. The largest absolute Gasteiger partial charge is 0.310 e. The van der Waals surface area contributed by atoms with Gasteiger partial charge in [0.05, 0.1) is 5.69 Å². The molecule has 1 nitrogen and oxygen atoms in total. The fourth-order valence-electron chi connectivity index (χ4n) is 12.0. The zero-order valence-corrected chi connectivity index (χ0v) is 36.7. The Morgan fingerprint density at radius 1 is 0.328 bits per heavy atom. The van der Waals surface area contributed by atoms with Gasteiger partial charge in [0.1, 0.15) is 0 Å². The molecule has 3 aliphatic carbocycles. The Morgan fingerprint density at radius 3 is 1.53 bits per heavy atom. The van der Waals surface area contributed by atoms with E-state index in [9.17, 15) is 0 Å². The molecule has 0 saturated heterocycles. The highest BCUT2D eigenvalue weighted by molar-refractivity contribution is 5.98. The molecule has 1 heteroatoms. The van der Waals surface area contributed by atoms with Crippen LogP contribution in [0.1, 0.15) is 68.2 Å². The van der Waals surface area contributed by atoms with Crippen LogP contribution in [0, 0.1) is 0 Å². The summed E-state index contributed by atoms with van der Waals surface area (Å²) in [5.74, 6) is 0. The zero-order chi connectivity index (χ0) is 42.8. The Labute approximate surface area is 378 Å². The van der Waals surface area contributed by atoms with Gasteiger partial charge in [-0.2, -0.15) is 0 Å². The molecule has 0 heterocycles. The number of rotatable bonds is 7. The predicted octanol–water partition coefficient (Wildman–Crippen LogP) is 17.4. The van der Waals surface area contributed by atoms with Crippen molar-refractivity contribution in [2.45, 2.75) is 56.8 Å². The first-order valence-electron chi connectivity index (χ1n) is 23.2. The topological polar surface area (TPSA) is 3.24 Å². The number of hydrogen-bond donors (Lipinski definition) is 0. The number of fused-ring (bicyclic) bond motifs is 8. The Kier molecular flexibility index (Phi) is 9.16. The molecule has 308 valence electrons. The van der Waals surface area contributed by atoms with E-state index < -0.39 is 0 Å². The van der Waals surface area contributed by atoms with Gasteiger partial charge in [0.2, 0.25) is 0 Å². The van der Waals surface area contributed by atoms with Crippen molar-refractivity contribution >= 4 is 17.1 Å². The predicted molar refractivity (Wildman–Crippen MR) is 270 cm³/mol. The van der Waals surface area contributed by atoms with Crippen LogP contribution in [0.25, 0.3) is 66.8 Å². The third-order valence-corrected chi connectivity index (χ3v) is 14.9. The van der Waals surface area contributed by atoms with E-state index in [1.165, 1.54) is 127 Å².